The number of urea groups is 1. The van der Waals surface area contributed by atoms with E-state index in [1.807, 2.05) is 68.4 Å². The van der Waals surface area contributed by atoms with Gasteiger partial charge in [-0.25, -0.2) is 10.2 Å². The first-order valence-corrected chi connectivity index (χ1v) is 6.38. The number of anilines is 1. The van der Waals surface area contributed by atoms with Crippen molar-refractivity contribution < 1.29 is 4.79 Å². The second kappa shape index (κ2) is 6.52. The predicted octanol–water partition coefficient (Wildman–Crippen LogP) is 3.54. The highest BCUT2D eigenvalue weighted by atomic mass is 16.2. The molecule has 0 fully saturated rings. The Morgan fingerprint density at radius 3 is 2.30 bits per heavy atom. The number of aryl methyl sites for hydroxylation is 1. The maximum atomic E-state index is 11.7. The van der Waals surface area contributed by atoms with Gasteiger partial charge in [-0.05, 0) is 31.5 Å². The Balaban J connectivity index is 1.95. The highest BCUT2D eigenvalue weighted by molar-refractivity contribution is 5.99. The molecule has 102 valence electrons. The quantitative estimate of drug-likeness (QED) is 0.648. The van der Waals surface area contributed by atoms with E-state index in [0.29, 0.717) is 0 Å². The fourth-order valence-corrected chi connectivity index (χ4v) is 1.67. The maximum absolute atomic E-state index is 11.7. The van der Waals surface area contributed by atoms with E-state index in [1.54, 1.807) is 0 Å². The van der Waals surface area contributed by atoms with E-state index in [9.17, 15) is 4.79 Å². The Morgan fingerprint density at radius 2 is 1.65 bits per heavy atom. The van der Waals surface area contributed by atoms with Gasteiger partial charge in [0.2, 0.25) is 0 Å². The van der Waals surface area contributed by atoms with Gasteiger partial charge in [-0.1, -0.05) is 48.0 Å². The van der Waals surface area contributed by atoms with Crippen LogP contribution in [0.4, 0.5) is 10.5 Å². The molecular formula is C16H17N3O. The van der Waals surface area contributed by atoms with Crippen LogP contribution in [-0.2, 0) is 0 Å². The van der Waals surface area contributed by atoms with Gasteiger partial charge in [0, 0.05) is 5.69 Å². The van der Waals surface area contributed by atoms with Gasteiger partial charge in [-0.2, -0.15) is 5.10 Å². The van der Waals surface area contributed by atoms with Gasteiger partial charge in [0.15, 0.2) is 0 Å². The molecule has 0 atom stereocenters. The van der Waals surface area contributed by atoms with Crippen molar-refractivity contribution in [3.8, 4) is 0 Å². The Morgan fingerprint density at radius 1 is 1.00 bits per heavy atom. The molecule has 0 spiro atoms. The number of hydrogen-bond acceptors (Lipinski definition) is 2. The molecule has 0 aliphatic carbocycles. The van der Waals surface area contributed by atoms with Crippen molar-refractivity contribution in [2.75, 3.05) is 5.32 Å². The Bertz CT molecular complexity index is 603. The number of carbonyl (C=O) groups is 1. The number of hydrogen-bond donors (Lipinski definition) is 2. The molecule has 2 rings (SSSR count). The third kappa shape index (κ3) is 3.95. The van der Waals surface area contributed by atoms with Crippen LogP contribution in [0.3, 0.4) is 0 Å². The summed E-state index contributed by atoms with van der Waals surface area (Å²) < 4.78 is 0. The van der Waals surface area contributed by atoms with Crippen LogP contribution in [0.5, 0.6) is 0 Å². The Labute approximate surface area is 118 Å². The first-order chi connectivity index (χ1) is 9.65. The zero-order valence-corrected chi connectivity index (χ0v) is 11.6. The van der Waals surface area contributed by atoms with E-state index < -0.39 is 0 Å². The van der Waals surface area contributed by atoms with Crippen LogP contribution in [0.15, 0.2) is 59.7 Å². The monoisotopic (exact) mass is 267 g/mol. The number of nitrogens with one attached hydrogen (secondary N) is 2. The molecular weight excluding hydrogens is 250 g/mol. The lowest BCUT2D eigenvalue weighted by Crippen LogP contribution is -2.25. The molecule has 4 heteroatoms. The number of hydrazone groups is 1. The number of rotatable bonds is 3. The Hall–Kier alpha value is -2.62. The first-order valence-electron chi connectivity index (χ1n) is 6.38. The van der Waals surface area contributed by atoms with Gasteiger partial charge in [0.1, 0.15) is 0 Å². The summed E-state index contributed by atoms with van der Waals surface area (Å²) in [6.07, 6.45) is 0. The summed E-state index contributed by atoms with van der Waals surface area (Å²) in [5.74, 6) is 0. The van der Waals surface area contributed by atoms with Gasteiger partial charge in [-0.3, -0.25) is 0 Å². The summed E-state index contributed by atoms with van der Waals surface area (Å²) in [4.78, 5) is 11.7. The summed E-state index contributed by atoms with van der Waals surface area (Å²) in [6, 6.07) is 16.9. The average molecular weight is 267 g/mol. The molecule has 0 aromatic heterocycles. The second-order valence-corrected chi connectivity index (χ2v) is 4.50. The van der Waals surface area contributed by atoms with Crippen LogP contribution in [0.2, 0.25) is 0 Å². The van der Waals surface area contributed by atoms with Crippen molar-refractivity contribution in [2.24, 2.45) is 5.10 Å². The summed E-state index contributed by atoms with van der Waals surface area (Å²) in [5.41, 5.74) is 6.14. The van der Waals surface area contributed by atoms with Crippen LogP contribution in [-0.4, -0.2) is 11.7 Å². The van der Waals surface area contributed by atoms with Crippen molar-refractivity contribution in [1.82, 2.24) is 5.43 Å². The van der Waals surface area contributed by atoms with E-state index in [0.717, 1.165) is 17.0 Å². The maximum Gasteiger partial charge on any atom is 0.339 e. The average Bonchev–Trinajstić information content (AvgIpc) is 2.46. The third-order valence-corrected chi connectivity index (χ3v) is 2.83. The minimum Gasteiger partial charge on any atom is -0.307 e. The second-order valence-electron chi connectivity index (χ2n) is 4.50. The number of nitrogens with zero attached hydrogens (tertiary/aromatic N) is 1. The molecule has 0 unspecified atom stereocenters. The van der Waals surface area contributed by atoms with E-state index in [-0.39, 0.29) is 6.03 Å². The van der Waals surface area contributed by atoms with Crippen LogP contribution in [0.25, 0.3) is 0 Å². The molecule has 2 N–H and O–H groups in total. The first kappa shape index (κ1) is 13.8. The summed E-state index contributed by atoms with van der Waals surface area (Å²) >= 11 is 0. The minimum atomic E-state index is -0.359. The zero-order valence-electron chi connectivity index (χ0n) is 11.6. The number of benzene rings is 2. The van der Waals surface area contributed by atoms with Gasteiger partial charge in [0.25, 0.3) is 0 Å². The molecule has 2 aromatic carbocycles. The highest BCUT2D eigenvalue weighted by Crippen LogP contribution is 2.05. The number of para-hydroxylation sites is 1. The van der Waals surface area contributed by atoms with Crippen molar-refractivity contribution in [1.29, 1.82) is 0 Å². The normalized spacial score (nSPS) is 11.0. The molecule has 2 aromatic rings. The molecule has 0 saturated heterocycles. The number of carbonyl (C=O) groups excluding carboxylic acids is 1. The van der Waals surface area contributed by atoms with Crippen LogP contribution < -0.4 is 10.7 Å². The fourth-order valence-electron chi connectivity index (χ4n) is 1.67. The molecule has 4 nitrogen and oxygen atoms in total. The lowest BCUT2D eigenvalue weighted by atomic mass is 10.1. The van der Waals surface area contributed by atoms with Crippen molar-refractivity contribution in [3.63, 3.8) is 0 Å². The van der Waals surface area contributed by atoms with Gasteiger partial charge < -0.3 is 5.32 Å². The van der Waals surface area contributed by atoms with Crippen LogP contribution >= 0.6 is 0 Å². The molecule has 0 bridgehead atoms. The topological polar surface area (TPSA) is 53.5 Å². The summed E-state index contributed by atoms with van der Waals surface area (Å²) in [7, 11) is 0. The highest BCUT2D eigenvalue weighted by Gasteiger charge is 2.01. The van der Waals surface area contributed by atoms with Crippen molar-refractivity contribution >= 4 is 17.4 Å². The molecule has 2 amide bonds. The Kier molecular flexibility index (Phi) is 4.50. The van der Waals surface area contributed by atoms with E-state index >= 15 is 0 Å². The van der Waals surface area contributed by atoms with Crippen LogP contribution in [0, 0.1) is 6.92 Å². The van der Waals surface area contributed by atoms with E-state index in [1.165, 1.54) is 5.56 Å². The largest absolute Gasteiger partial charge is 0.339 e. The lowest BCUT2D eigenvalue weighted by molar-refractivity contribution is 0.252. The summed E-state index contributed by atoms with van der Waals surface area (Å²) in [5, 5.41) is 6.78. The molecule has 0 heterocycles. The lowest BCUT2D eigenvalue weighted by Gasteiger charge is -2.05. The smallest absolute Gasteiger partial charge is 0.307 e. The standard InChI is InChI=1S/C16H17N3O/c1-12-8-10-14(11-9-12)13(2)18-19-16(20)17-15-6-4-3-5-7-15/h3-11H,1-2H3,(H2,17,19,20). The summed E-state index contributed by atoms with van der Waals surface area (Å²) in [6.45, 7) is 3.88. The van der Waals surface area contributed by atoms with Crippen molar-refractivity contribution in [3.05, 3.63) is 65.7 Å². The molecule has 0 aliphatic rings. The third-order valence-electron chi connectivity index (χ3n) is 2.83. The molecule has 0 aliphatic heterocycles. The van der Waals surface area contributed by atoms with Crippen LogP contribution in [0.1, 0.15) is 18.1 Å². The van der Waals surface area contributed by atoms with Gasteiger partial charge in [-0.15, -0.1) is 0 Å². The van der Waals surface area contributed by atoms with Crippen molar-refractivity contribution in [2.45, 2.75) is 13.8 Å². The fraction of sp³-hybridized carbons (Fsp3) is 0.125. The van der Waals surface area contributed by atoms with E-state index in [2.05, 4.69) is 15.8 Å². The van der Waals surface area contributed by atoms with Gasteiger partial charge in [0.05, 0.1) is 5.71 Å². The minimum absolute atomic E-state index is 0.359. The molecule has 0 radical (unpaired) electrons. The SMILES string of the molecule is CC(=NNC(=O)Nc1ccccc1)c1ccc(C)cc1. The molecule has 0 saturated carbocycles. The van der Waals surface area contributed by atoms with E-state index in [4.69, 9.17) is 0 Å². The molecule has 20 heavy (non-hydrogen) atoms. The predicted molar refractivity (Wildman–Crippen MR) is 82.0 cm³/mol. The zero-order chi connectivity index (χ0) is 14.4. The number of amides is 2. The van der Waals surface area contributed by atoms with Gasteiger partial charge >= 0.3 is 6.03 Å².